The summed E-state index contributed by atoms with van der Waals surface area (Å²) >= 11 is 0. The number of aromatic carboxylic acids is 1. The van der Waals surface area contributed by atoms with Crippen molar-refractivity contribution in [3.8, 4) is 11.5 Å². The Morgan fingerprint density at radius 2 is 1.68 bits per heavy atom. The molecule has 0 unspecified atom stereocenters. The first-order chi connectivity index (χ1) is 12.0. The third-order valence-corrected chi connectivity index (χ3v) is 3.68. The number of benzene rings is 2. The fourth-order valence-electron chi connectivity index (χ4n) is 2.39. The molecule has 0 aliphatic carbocycles. The van der Waals surface area contributed by atoms with Crippen molar-refractivity contribution in [3.63, 3.8) is 0 Å². The maximum atomic E-state index is 12.6. The van der Waals surface area contributed by atoms with Crippen molar-refractivity contribution in [2.24, 2.45) is 0 Å². The second kappa shape index (κ2) is 8.19. The fourth-order valence-corrected chi connectivity index (χ4v) is 2.39. The van der Waals surface area contributed by atoms with Crippen molar-refractivity contribution in [3.05, 3.63) is 59.2 Å². The lowest BCUT2D eigenvalue weighted by Crippen LogP contribution is -2.26. The summed E-state index contributed by atoms with van der Waals surface area (Å²) in [4.78, 5) is 25.0. The number of hydrogen-bond donors (Lipinski definition) is 1. The monoisotopic (exact) mass is 343 g/mol. The molecule has 2 rings (SSSR count). The van der Waals surface area contributed by atoms with Crippen molar-refractivity contribution in [2.75, 3.05) is 20.8 Å². The molecule has 0 spiro atoms. The lowest BCUT2D eigenvalue weighted by atomic mass is 10.1. The average Bonchev–Trinajstić information content (AvgIpc) is 2.62. The van der Waals surface area contributed by atoms with E-state index in [1.807, 2.05) is 6.92 Å². The number of carboxylic acid groups (broad SMARTS) is 1. The number of carbonyl (C=O) groups excluding carboxylic acids is 1. The highest BCUT2D eigenvalue weighted by Gasteiger charge is 2.15. The van der Waals surface area contributed by atoms with E-state index < -0.39 is 5.97 Å². The van der Waals surface area contributed by atoms with Crippen molar-refractivity contribution < 1.29 is 24.2 Å². The molecular formula is C19H21NO5. The molecule has 1 N–H and O–H groups in total. The zero-order valence-corrected chi connectivity index (χ0v) is 14.5. The van der Waals surface area contributed by atoms with Gasteiger partial charge in [0.15, 0.2) is 11.5 Å². The Balaban J connectivity index is 2.12. The second-order valence-electron chi connectivity index (χ2n) is 5.46. The summed E-state index contributed by atoms with van der Waals surface area (Å²) in [5, 5.41) is 8.92. The Bertz CT molecular complexity index is 755. The van der Waals surface area contributed by atoms with E-state index in [2.05, 4.69) is 0 Å². The molecule has 1 amide bonds. The minimum absolute atomic E-state index is 0.163. The van der Waals surface area contributed by atoms with Gasteiger partial charge in [0.2, 0.25) is 0 Å². The molecule has 0 atom stereocenters. The zero-order valence-electron chi connectivity index (χ0n) is 14.5. The Hall–Kier alpha value is -3.02. The number of ether oxygens (including phenoxy) is 2. The summed E-state index contributed by atoms with van der Waals surface area (Å²) in [5.41, 5.74) is 1.55. The highest BCUT2D eigenvalue weighted by Crippen LogP contribution is 2.28. The van der Waals surface area contributed by atoms with E-state index >= 15 is 0 Å². The lowest BCUT2D eigenvalue weighted by molar-refractivity contribution is 0.0695. The van der Waals surface area contributed by atoms with Crippen LogP contribution >= 0.6 is 0 Å². The van der Waals surface area contributed by atoms with Gasteiger partial charge in [-0.05, 0) is 42.8 Å². The fraction of sp³-hybridized carbons (Fsp3) is 0.263. The number of hydrogen-bond acceptors (Lipinski definition) is 4. The molecule has 0 saturated heterocycles. The number of rotatable bonds is 7. The summed E-state index contributed by atoms with van der Waals surface area (Å²) in [6.07, 6.45) is 0. The summed E-state index contributed by atoms with van der Waals surface area (Å²) < 4.78 is 10.7. The van der Waals surface area contributed by atoms with E-state index in [1.54, 1.807) is 42.3 Å². The van der Waals surface area contributed by atoms with E-state index in [4.69, 9.17) is 14.6 Å². The average molecular weight is 343 g/mol. The van der Waals surface area contributed by atoms with Gasteiger partial charge in [0, 0.05) is 19.2 Å². The van der Waals surface area contributed by atoms with Gasteiger partial charge >= 0.3 is 5.97 Å². The van der Waals surface area contributed by atoms with Crippen LogP contribution in [0.1, 0.15) is 33.2 Å². The lowest BCUT2D eigenvalue weighted by Gasteiger charge is -2.18. The molecular weight excluding hydrogens is 322 g/mol. The van der Waals surface area contributed by atoms with Gasteiger partial charge in [-0.2, -0.15) is 0 Å². The molecule has 2 aromatic carbocycles. The van der Waals surface area contributed by atoms with E-state index in [1.165, 1.54) is 19.2 Å². The van der Waals surface area contributed by atoms with Gasteiger partial charge in [0.25, 0.3) is 5.91 Å². The normalized spacial score (nSPS) is 10.2. The molecule has 0 heterocycles. The Morgan fingerprint density at radius 3 is 2.24 bits per heavy atom. The van der Waals surface area contributed by atoms with Gasteiger partial charge in [-0.25, -0.2) is 4.79 Å². The predicted octanol–water partition coefficient (Wildman–Crippen LogP) is 3.06. The van der Waals surface area contributed by atoms with E-state index in [0.29, 0.717) is 30.2 Å². The van der Waals surface area contributed by atoms with Gasteiger partial charge in [0.05, 0.1) is 19.3 Å². The Kier molecular flexibility index (Phi) is 6.00. The summed E-state index contributed by atoms with van der Waals surface area (Å²) in [6.45, 7) is 2.76. The first-order valence-electron chi connectivity index (χ1n) is 7.84. The molecule has 0 aliphatic heterocycles. The Labute approximate surface area is 146 Å². The third kappa shape index (κ3) is 4.50. The van der Waals surface area contributed by atoms with E-state index in [9.17, 15) is 9.59 Å². The quantitative estimate of drug-likeness (QED) is 0.836. The molecule has 2 aromatic rings. The molecule has 132 valence electrons. The van der Waals surface area contributed by atoms with Gasteiger partial charge in [-0.3, -0.25) is 4.79 Å². The van der Waals surface area contributed by atoms with Crippen LogP contribution in [0.25, 0.3) is 0 Å². The van der Waals surface area contributed by atoms with Gasteiger partial charge < -0.3 is 19.5 Å². The highest BCUT2D eigenvalue weighted by atomic mass is 16.5. The molecule has 0 fully saturated rings. The van der Waals surface area contributed by atoms with E-state index in [0.717, 1.165) is 5.56 Å². The standard InChI is InChI=1S/C19H21NO5/c1-4-25-16-10-9-15(11-17(16)24-3)18(21)20(2)12-13-5-7-14(8-6-13)19(22)23/h5-11H,4,12H2,1-3H3,(H,22,23). The van der Waals surface area contributed by atoms with Gasteiger partial charge in [-0.15, -0.1) is 0 Å². The topological polar surface area (TPSA) is 76.1 Å². The molecule has 0 aliphatic rings. The molecule has 0 aromatic heterocycles. The van der Waals surface area contributed by atoms with Crippen LogP contribution in [0.4, 0.5) is 0 Å². The maximum absolute atomic E-state index is 12.6. The highest BCUT2D eigenvalue weighted by molar-refractivity contribution is 5.94. The van der Waals surface area contributed by atoms with Gasteiger partial charge in [-0.1, -0.05) is 12.1 Å². The van der Waals surface area contributed by atoms with Crippen molar-refractivity contribution in [1.82, 2.24) is 4.90 Å². The zero-order chi connectivity index (χ0) is 18.4. The van der Waals surface area contributed by atoms with Crippen molar-refractivity contribution >= 4 is 11.9 Å². The van der Waals surface area contributed by atoms with Crippen LogP contribution in [0, 0.1) is 0 Å². The van der Waals surface area contributed by atoms with Crippen molar-refractivity contribution in [2.45, 2.75) is 13.5 Å². The van der Waals surface area contributed by atoms with Gasteiger partial charge in [0.1, 0.15) is 0 Å². The number of amides is 1. The third-order valence-electron chi connectivity index (χ3n) is 3.68. The first-order valence-corrected chi connectivity index (χ1v) is 7.84. The first kappa shape index (κ1) is 18.3. The van der Waals surface area contributed by atoms with Crippen LogP contribution in [0.5, 0.6) is 11.5 Å². The minimum atomic E-state index is -0.975. The number of methoxy groups -OCH3 is 1. The molecule has 0 radical (unpaired) electrons. The van der Waals surface area contributed by atoms with Crippen molar-refractivity contribution in [1.29, 1.82) is 0 Å². The Morgan fingerprint density at radius 1 is 1.04 bits per heavy atom. The largest absolute Gasteiger partial charge is 0.493 e. The molecule has 25 heavy (non-hydrogen) atoms. The number of carbonyl (C=O) groups is 2. The van der Waals surface area contributed by atoms with Crippen LogP contribution in [0.2, 0.25) is 0 Å². The van der Waals surface area contributed by atoms with Crippen LogP contribution in [0.3, 0.4) is 0 Å². The summed E-state index contributed by atoms with van der Waals surface area (Å²) in [7, 11) is 3.22. The van der Waals surface area contributed by atoms with Crippen LogP contribution in [-0.4, -0.2) is 42.6 Å². The second-order valence-corrected chi connectivity index (χ2v) is 5.46. The SMILES string of the molecule is CCOc1ccc(C(=O)N(C)Cc2ccc(C(=O)O)cc2)cc1OC. The summed E-state index contributed by atoms with van der Waals surface area (Å²) in [6, 6.07) is 11.5. The van der Waals surface area contributed by atoms with Crippen LogP contribution in [0.15, 0.2) is 42.5 Å². The minimum Gasteiger partial charge on any atom is -0.493 e. The maximum Gasteiger partial charge on any atom is 0.335 e. The summed E-state index contributed by atoms with van der Waals surface area (Å²) in [5.74, 6) is -0.0403. The van der Waals surface area contributed by atoms with Crippen LogP contribution in [-0.2, 0) is 6.54 Å². The predicted molar refractivity (Wildman–Crippen MR) is 93.4 cm³/mol. The molecule has 6 heteroatoms. The number of carboxylic acids is 1. The molecule has 0 bridgehead atoms. The molecule has 6 nitrogen and oxygen atoms in total. The van der Waals surface area contributed by atoms with E-state index in [-0.39, 0.29) is 11.5 Å². The number of nitrogens with zero attached hydrogens (tertiary/aromatic N) is 1. The smallest absolute Gasteiger partial charge is 0.335 e. The molecule has 0 saturated carbocycles. The van der Waals surface area contributed by atoms with Crippen LogP contribution < -0.4 is 9.47 Å².